The molecule has 0 atom stereocenters. The highest BCUT2D eigenvalue weighted by Crippen LogP contribution is 2.16. The Morgan fingerprint density at radius 1 is 0.750 bits per heavy atom. The molecule has 0 saturated heterocycles. The Hall–Kier alpha value is -4.38. The van der Waals surface area contributed by atoms with Crippen LogP contribution in [-0.4, -0.2) is 36.8 Å². The molecular formula is C24H22N8. The maximum Gasteiger partial charge on any atom is 0.146 e. The predicted molar refractivity (Wildman–Crippen MR) is 124 cm³/mol. The van der Waals surface area contributed by atoms with E-state index in [2.05, 4.69) is 31.7 Å². The zero-order chi connectivity index (χ0) is 21.8. The summed E-state index contributed by atoms with van der Waals surface area (Å²) in [4.78, 5) is 13.8. The molecule has 32 heavy (non-hydrogen) atoms. The van der Waals surface area contributed by atoms with Crippen molar-refractivity contribution in [2.24, 2.45) is 0 Å². The minimum atomic E-state index is 0.519. The molecular weight excluding hydrogens is 400 g/mol. The summed E-state index contributed by atoms with van der Waals surface area (Å²) in [7, 11) is 0. The first-order valence-electron chi connectivity index (χ1n) is 10.5. The van der Waals surface area contributed by atoms with Crippen LogP contribution in [0.1, 0.15) is 17.0 Å². The van der Waals surface area contributed by atoms with Gasteiger partial charge in [-0.3, -0.25) is 0 Å². The molecule has 5 aromatic heterocycles. The molecule has 0 aliphatic heterocycles. The summed E-state index contributed by atoms with van der Waals surface area (Å²) in [5.41, 5.74) is 4.39. The van der Waals surface area contributed by atoms with Gasteiger partial charge in [0.25, 0.3) is 0 Å². The maximum absolute atomic E-state index is 9.44. The quantitative estimate of drug-likeness (QED) is 0.397. The van der Waals surface area contributed by atoms with E-state index in [0.717, 1.165) is 41.3 Å². The summed E-state index contributed by atoms with van der Waals surface area (Å²) < 4.78 is 4.02. The van der Waals surface area contributed by atoms with Crippen LogP contribution in [0.5, 0.6) is 0 Å². The van der Waals surface area contributed by atoms with Gasteiger partial charge in [-0.15, -0.1) is 0 Å². The Kier molecular flexibility index (Phi) is 5.37. The van der Waals surface area contributed by atoms with Crippen molar-refractivity contribution in [2.45, 2.75) is 12.8 Å². The molecule has 8 heteroatoms. The number of imidazole rings is 2. The molecule has 0 aliphatic rings. The Bertz CT molecular complexity index is 1340. The van der Waals surface area contributed by atoms with Gasteiger partial charge >= 0.3 is 0 Å². The molecule has 0 aromatic carbocycles. The molecule has 158 valence electrons. The lowest BCUT2D eigenvalue weighted by atomic mass is 10.2. The van der Waals surface area contributed by atoms with Crippen molar-refractivity contribution < 1.29 is 0 Å². The fourth-order valence-corrected chi connectivity index (χ4v) is 3.63. The van der Waals surface area contributed by atoms with Gasteiger partial charge in [-0.1, -0.05) is 12.1 Å². The highest BCUT2D eigenvalue weighted by molar-refractivity contribution is 5.56. The third-order valence-corrected chi connectivity index (χ3v) is 5.20. The van der Waals surface area contributed by atoms with Gasteiger partial charge in [0.1, 0.15) is 29.0 Å². The standard InChI is InChI=1S/C24H22N8/c25-15-18-7-8-21(26-11-9-19-16-31-13-3-1-5-22(31)28-19)30-24(18)27-12-10-20-17-32-14-4-2-6-23(32)29-20/h1-8,13-14,16-17H,9-12H2,(H2,26,27,30). The van der Waals surface area contributed by atoms with E-state index >= 15 is 0 Å². The molecule has 5 aromatic rings. The van der Waals surface area contributed by atoms with Gasteiger partial charge in [-0.05, 0) is 36.4 Å². The first-order valence-corrected chi connectivity index (χ1v) is 10.5. The van der Waals surface area contributed by atoms with Gasteiger partial charge in [0.05, 0.1) is 17.0 Å². The average Bonchev–Trinajstić information content (AvgIpc) is 3.42. The SMILES string of the molecule is N#Cc1ccc(NCCc2cn3ccccc3n2)nc1NCCc1cn2ccccc2n1. The zero-order valence-electron chi connectivity index (χ0n) is 17.4. The Morgan fingerprint density at radius 3 is 1.97 bits per heavy atom. The van der Waals surface area contributed by atoms with Gasteiger partial charge in [0.2, 0.25) is 0 Å². The van der Waals surface area contributed by atoms with Gasteiger partial charge in [-0.25, -0.2) is 15.0 Å². The van der Waals surface area contributed by atoms with Crippen LogP contribution in [0.15, 0.2) is 73.3 Å². The highest BCUT2D eigenvalue weighted by Gasteiger charge is 2.07. The molecule has 2 N–H and O–H groups in total. The molecule has 0 radical (unpaired) electrons. The number of pyridine rings is 3. The molecule has 0 amide bonds. The molecule has 5 heterocycles. The number of anilines is 2. The van der Waals surface area contributed by atoms with Crippen LogP contribution in [0.4, 0.5) is 11.6 Å². The van der Waals surface area contributed by atoms with E-state index in [0.29, 0.717) is 24.5 Å². The number of hydrogen-bond acceptors (Lipinski definition) is 6. The number of nitriles is 1. The number of rotatable bonds is 8. The zero-order valence-corrected chi connectivity index (χ0v) is 17.4. The monoisotopic (exact) mass is 422 g/mol. The van der Waals surface area contributed by atoms with Crippen molar-refractivity contribution in [3.05, 3.63) is 90.3 Å². The van der Waals surface area contributed by atoms with Gasteiger partial charge in [0.15, 0.2) is 0 Å². The van der Waals surface area contributed by atoms with Crippen LogP contribution in [0.2, 0.25) is 0 Å². The van der Waals surface area contributed by atoms with E-state index in [1.54, 1.807) is 6.07 Å². The molecule has 0 fully saturated rings. The summed E-state index contributed by atoms with van der Waals surface area (Å²) in [5.74, 6) is 1.30. The number of fused-ring (bicyclic) bond motifs is 2. The number of nitrogens with zero attached hydrogens (tertiary/aromatic N) is 6. The van der Waals surface area contributed by atoms with E-state index in [9.17, 15) is 5.26 Å². The smallest absolute Gasteiger partial charge is 0.146 e. The molecule has 8 nitrogen and oxygen atoms in total. The van der Waals surface area contributed by atoms with E-state index < -0.39 is 0 Å². The normalized spacial score (nSPS) is 11.0. The second kappa shape index (κ2) is 8.78. The van der Waals surface area contributed by atoms with E-state index in [-0.39, 0.29) is 0 Å². The lowest BCUT2D eigenvalue weighted by Crippen LogP contribution is -2.11. The predicted octanol–water partition coefficient (Wildman–Crippen LogP) is 3.56. The van der Waals surface area contributed by atoms with Crippen LogP contribution < -0.4 is 10.6 Å². The second-order valence-corrected chi connectivity index (χ2v) is 7.45. The topological polar surface area (TPSA) is 95.3 Å². The van der Waals surface area contributed by atoms with Gasteiger partial charge in [-0.2, -0.15) is 5.26 Å². The van der Waals surface area contributed by atoms with Crippen LogP contribution in [0, 0.1) is 11.3 Å². The molecule has 0 saturated carbocycles. The van der Waals surface area contributed by atoms with Crippen molar-refractivity contribution >= 4 is 22.9 Å². The van der Waals surface area contributed by atoms with Crippen LogP contribution >= 0.6 is 0 Å². The summed E-state index contributed by atoms with van der Waals surface area (Å²) in [6.45, 7) is 1.33. The Labute approximate surface area is 185 Å². The van der Waals surface area contributed by atoms with E-state index in [4.69, 9.17) is 0 Å². The number of hydrogen-bond donors (Lipinski definition) is 2. The first-order chi connectivity index (χ1) is 15.8. The number of aromatic nitrogens is 5. The van der Waals surface area contributed by atoms with E-state index in [1.165, 1.54) is 0 Å². The minimum Gasteiger partial charge on any atom is -0.370 e. The van der Waals surface area contributed by atoms with Crippen molar-refractivity contribution in [1.82, 2.24) is 23.8 Å². The molecule has 0 spiro atoms. The maximum atomic E-state index is 9.44. The van der Waals surface area contributed by atoms with Crippen molar-refractivity contribution in [3.8, 4) is 6.07 Å². The highest BCUT2D eigenvalue weighted by atomic mass is 15.1. The summed E-state index contributed by atoms with van der Waals surface area (Å²) in [6.07, 6.45) is 9.55. The molecule has 0 aliphatic carbocycles. The third-order valence-electron chi connectivity index (χ3n) is 5.20. The first kappa shape index (κ1) is 19.6. The van der Waals surface area contributed by atoms with Crippen LogP contribution in [0.3, 0.4) is 0 Å². The molecule has 0 unspecified atom stereocenters. The fraction of sp³-hybridized carbons (Fsp3) is 0.167. The minimum absolute atomic E-state index is 0.519. The number of nitrogens with one attached hydrogen (secondary N) is 2. The lowest BCUT2D eigenvalue weighted by molar-refractivity contribution is 0.957. The van der Waals surface area contributed by atoms with Crippen molar-refractivity contribution in [1.29, 1.82) is 5.26 Å². The largest absolute Gasteiger partial charge is 0.370 e. The van der Waals surface area contributed by atoms with E-state index in [1.807, 2.05) is 76.1 Å². The lowest BCUT2D eigenvalue weighted by Gasteiger charge is -2.10. The average molecular weight is 422 g/mol. The van der Waals surface area contributed by atoms with Gasteiger partial charge < -0.3 is 19.4 Å². The Morgan fingerprint density at radius 2 is 1.38 bits per heavy atom. The Balaban J connectivity index is 1.19. The summed E-state index contributed by atoms with van der Waals surface area (Å²) >= 11 is 0. The molecule has 0 bridgehead atoms. The molecule has 5 rings (SSSR count). The van der Waals surface area contributed by atoms with Crippen LogP contribution in [0.25, 0.3) is 11.3 Å². The van der Waals surface area contributed by atoms with Gasteiger partial charge in [0, 0.05) is 50.7 Å². The summed E-state index contributed by atoms with van der Waals surface area (Å²) in [5, 5.41) is 16.1. The van der Waals surface area contributed by atoms with Crippen LogP contribution in [-0.2, 0) is 12.8 Å². The third kappa shape index (κ3) is 4.23. The van der Waals surface area contributed by atoms with Crippen molar-refractivity contribution in [2.75, 3.05) is 23.7 Å². The van der Waals surface area contributed by atoms with Crippen molar-refractivity contribution in [3.63, 3.8) is 0 Å². The summed E-state index contributed by atoms with van der Waals surface area (Å²) in [6, 6.07) is 17.7. The fourth-order valence-electron chi connectivity index (χ4n) is 3.63. The second-order valence-electron chi connectivity index (χ2n) is 7.45.